The second kappa shape index (κ2) is 7.62. The number of aliphatic hydroxyl groups is 1. The van der Waals surface area contributed by atoms with Crippen molar-refractivity contribution in [2.75, 3.05) is 19.7 Å². The van der Waals surface area contributed by atoms with E-state index in [0.717, 1.165) is 24.2 Å². The lowest BCUT2D eigenvalue weighted by molar-refractivity contribution is 0.0877. The molecule has 19 heavy (non-hydrogen) atoms. The Balaban J connectivity index is 2.47. The van der Waals surface area contributed by atoms with Crippen LogP contribution in [0.5, 0.6) is 0 Å². The van der Waals surface area contributed by atoms with Gasteiger partial charge < -0.3 is 15.3 Å². The van der Waals surface area contributed by atoms with Crippen LogP contribution in [-0.2, 0) is 0 Å². The van der Waals surface area contributed by atoms with Crippen molar-refractivity contribution < 1.29 is 18.7 Å². The summed E-state index contributed by atoms with van der Waals surface area (Å²) in [5.41, 5.74) is 0. The highest BCUT2D eigenvalue weighted by atomic mass is 19.3. The van der Waals surface area contributed by atoms with Crippen molar-refractivity contribution in [2.24, 2.45) is 11.8 Å². The maximum absolute atomic E-state index is 12.4. The predicted octanol–water partition coefficient (Wildman–Crippen LogP) is 2.08. The number of carbonyl (C=O) groups is 1. The highest BCUT2D eigenvalue weighted by molar-refractivity contribution is 5.74. The van der Waals surface area contributed by atoms with E-state index < -0.39 is 19.0 Å². The molecule has 0 radical (unpaired) electrons. The van der Waals surface area contributed by atoms with Crippen LogP contribution in [0.1, 0.15) is 33.1 Å². The van der Waals surface area contributed by atoms with E-state index in [1.54, 1.807) is 0 Å². The summed E-state index contributed by atoms with van der Waals surface area (Å²) < 4.78 is 24.7. The van der Waals surface area contributed by atoms with Crippen LogP contribution >= 0.6 is 0 Å². The Labute approximate surface area is 113 Å². The first-order chi connectivity index (χ1) is 8.93. The van der Waals surface area contributed by atoms with E-state index in [9.17, 15) is 13.6 Å². The van der Waals surface area contributed by atoms with Crippen LogP contribution in [-0.4, -0.2) is 48.2 Å². The molecule has 2 N–H and O–H groups in total. The van der Waals surface area contributed by atoms with Crippen molar-refractivity contribution in [1.29, 1.82) is 0 Å². The third-order valence-corrected chi connectivity index (χ3v) is 3.94. The summed E-state index contributed by atoms with van der Waals surface area (Å²) in [5.74, 6) is 1.17. The zero-order valence-electron chi connectivity index (χ0n) is 11.6. The number of rotatable bonds is 5. The molecular weight excluding hydrogens is 254 g/mol. The van der Waals surface area contributed by atoms with Crippen LogP contribution in [0, 0.1) is 11.8 Å². The fraction of sp³-hybridized carbons (Fsp3) is 0.923. The normalized spacial score (nSPS) is 27.4. The van der Waals surface area contributed by atoms with Gasteiger partial charge in [-0.25, -0.2) is 13.6 Å². The number of carbonyl (C=O) groups excluding carboxylic acids is 1. The standard InChI is InChI=1S/C13H24F2N2O2/c1-9-3-4-11(7-10(9)2)16-13(19)17(5-6-18)8-12(14)15/h9-12,18H,3-8H2,1-2H3,(H,16,19). The van der Waals surface area contributed by atoms with Gasteiger partial charge in [-0.05, 0) is 31.1 Å². The second-order valence-electron chi connectivity index (χ2n) is 5.47. The second-order valence-corrected chi connectivity index (χ2v) is 5.47. The fourth-order valence-corrected chi connectivity index (χ4v) is 2.51. The molecule has 3 atom stereocenters. The lowest BCUT2D eigenvalue weighted by Crippen LogP contribution is -2.49. The Bertz CT molecular complexity index is 290. The largest absolute Gasteiger partial charge is 0.395 e. The van der Waals surface area contributed by atoms with Gasteiger partial charge in [0.05, 0.1) is 13.2 Å². The highest BCUT2D eigenvalue weighted by Crippen LogP contribution is 2.29. The number of hydrogen-bond acceptors (Lipinski definition) is 2. The third-order valence-electron chi connectivity index (χ3n) is 3.94. The van der Waals surface area contributed by atoms with Crippen LogP contribution in [0.3, 0.4) is 0 Å². The van der Waals surface area contributed by atoms with E-state index >= 15 is 0 Å². The predicted molar refractivity (Wildman–Crippen MR) is 69.2 cm³/mol. The highest BCUT2D eigenvalue weighted by Gasteiger charge is 2.27. The number of halogens is 2. The first kappa shape index (κ1) is 16.1. The molecule has 0 aliphatic heterocycles. The van der Waals surface area contributed by atoms with Gasteiger partial charge in [0.2, 0.25) is 0 Å². The maximum Gasteiger partial charge on any atom is 0.317 e. The van der Waals surface area contributed by atoms with E-state index in [-0.39, 0.29) is 19.2 Å². The molecule has 1 saturated carbocycles. The van der Waals surface area contributed by atoms with Crippen LogP contribution in [0.15, 0.2) is 0 Å². The molecule has 0 aromatic rings. The third kappa shape index (κ3) is 5.30. The molecule has 1 rings (SSSR count). The number of urea groups is 1. The van der Waals surface area contributed by atoms with Crippen molar-refractivity contribution in [3.63, 3.8) is 0 Å². The molecule has 0 spiro atoms. The van der Waals surface area contributed by atoms with Crippen LogP contribution in [0.2, 0.25) is 0 Å². The number of hydrogen-bond donors (Lipinski definition) is 2. The van der Waals surface area contributed by atoms with E-state index in [0.29, 0.717) is 11.8 Å². The first-order valence-corrected chi connectivity index (χ1v) is 6.88. The van der Waals surface area contributed by atoms with Gasteiger partial charge in [0.25, 0.3) is 6.43 Å². The molecule has 0 aromatic heterocycles. The molecule has 112 valence electrons. The Morgan fingerprint density at radius 2 is 2.05 bits per heavy atom. The minimum Gasteiger partial charge on any atom is -0.395 e. The van der Waals surface area contributed by atoms with Gasteiger partial charge >= 0.3 is 6.03 Å². The summed E-state index contributed by atoms with van der Waals surface area (Å²) in [4.78, 5) is 12.9. The number of amides is 2. The van der Waals surface area contributed by atoms with E-state index in [1.165, 1.54) is 0 Å². The van der Waals surface area contributed by atoms with E-state index in [4.69, 9.17) is 5.11 Å². The topological polar surface area (TPSA) is 52.6 Å². The van der Waals surface area contributed by atoms with E-state index in [1.807, 2.05) is 0 Å². The van der Waals surface area contributed by atoms with Crippen LogP contribution < -0.4 is 5.32 Å². The van der Waals surface area contributed by atoms with E-state index in [2.05, 4.69) is 19.2 Å². The average Bonchev–Trinajstić information content (AvgIpc) is 2.33. The SMILES string of the molecule is CC1CCC(NC(=O)N(CCO)CC(F)F)CC1C. The lowest BCUT2D eigenvalue weighted by atomic mass is 9.79. The Morgan fingerprint density at radius 1 is 1.37 bits per heavy atom. The zero-order chi connectivity index (χ0) is 14.4. The molecule has 1 aliphatic carbocycles. The van der Waals surface area contributed by atoms with Gasteiger partial charge in [-0.2, -0.15) is 0 Å². The maximum atomic E-state index is 12.4. The average molecular weight is 278 g/mol. The monoisotopic (exact) mass is 278 g/mol. The van der Waals surface area contributed by atoms with Gasteiger partial charge in [0, 0.05) is 12.6 Å². The van der Waals surface area contributed by atoms with Crippen molar-refractivity contribution in [3.05, 3.63) is 0 Å². The minimum absolute atomic E-state index is 0.0533. The molecule has 2 amide bonds. The molecule has 3 unspecified atom stereocenters. The molecule has 1 aliphatic rings. The zero-order valence-corrected chi connectivity index (χ0v) is 11.6. The summed E-state index contributed by atoms with van der Waals surface area (Å²) in [7, 11) is 0. The van der Waals surface area contributed by atoms with Crippen LogP contribution in [0.25, 0.3) is 0 Å². The van der Waals surface area contributed by atoms with Gasteiger partial charge in [-0.15, -0.1) is 0 Å². The molecule has 6 heteroatoms. The fourth-order valence-electron chi connectivity index (χ4n) is 2.51. The quantitative estimate of drug-likeness (QED) is 0.809. The Kier molecular flexibility index (Phi) is 6.48. The number of aliphatic hydroxyl groups excluding tert-OH is 1. The number of alkyl halides is 2. The lowest BCUT2D eigenvalue weighted by Gasteiger charge is -2.34. The summed E-state index contributed by atoms with van der Waals surface area (Å²) >= 11 is 0. The molecule has 0 saturated heterocycles. The van der Waals surface area contributed by atoms with Crippen molar-refractivity contribution in [3.8, 4) is 0 Å². The Hall–Kier alpha value is -0.910. The van der Waals surface area contributed by atoms with Crippen LogP contribution in [0.4, 0.5) is 13.6 Å². The molecule has 1 fully saturated rings. The van der Waals surface area contributed by atoms with Crippen molar-refractivity contribution in [2.45, 2.75) is 45.6 Å². The minimum atomic E-state index is -2.58. The molecule has 4 nitrogen and oxygen atoms in total. The van der Waals surface area contributed by atoms with Crippen molar-refractivity contribution in [1.82, 2.24) is 10.2 Å². The molecular formula is C13H24F2N2O2. The smallest absolute Gasteiger partial charge is 0.317 e. The summed E-state index contributed by atoms with van der Waals surface area (Å²) in [6, 6.07) is -0.446. The number of nitrogens with zero attached hydrogens (tertiary/aromatic N) is 1. The molecule has 0 bridgehead atoms. The summed E-state index contributed by atoms with van der Waals surface area (Å²) in [6.07, 6.45) is 0.233. The summed E-state index contributed by atoms with van der Waals surface area (Å²) in [5, 5.41) is 11.6. The first-order valence-electron chi connectivity index (χ1n) is 6.88. The van der Waals surface area contributed by atoms with Gasteiger partial charge in [0.1, 0.15) is 0 Å². The van der Waals surface area contributed by atoms with Gasteiger partial charge in [-0.3, -0.25) is 0 Å². The number of nitrogens with one attached hydrogen (secondary N) is 1. The van der Waals surface area contributed by atoms with Crippen molar-refractivity contribution >= 4 is 6.03 Å². The molecule has 0 heterocycles. The van der Waals surface area contributed by atoms with Gasteiger partial charge in [-0.1, -0.05) is 13.8 Å². The van der Waals surface area contributed by atoms with Gasteiger partial charge in [0.15, 0.2) is 0 Å². The molecule has 0 aromatic carbocycles. The summed E-state index contributed by atoms with van der Waals surface area (Å²) in [6.45, 7) is 3.34. The Morgan fingerprint density at radius 3 is 2.58 bits per heavy atom.